The number of carbonyl (C=O) groups excluding carboxylic acids is 1. The number of carbonyl (C=O) groups is 1. The van der Waals surface area contributed by atoms with Crippen molar-refractivity contribution in [3.63, 3.8) is 0 Å². The molecule has 0 aliphatic carbocycles. The maximum absolute atomic E-state index is 11.9. The molecule has 18 heavy (non-hydrogen) atoms. The van der Waals surface area contributed by atoms with E-state index in [1.165, 1.54) is 19.2 Å². The van der Waals surface area contributed by atoms with Crippen molar-refractivity contribution < 1.29 is 22.1 Å². The zero-order chi connectivity index (χ0) is 13.8. The third-order valence-electron chi connectivity index (χ3n) is 2.39. The Hall–Kier alpha value is -1.40. The topological polar surface area (TPSA) is 69.7 Å². The molecule has 1 rings (SSSR count). The normalized spacial score (nSPS) is 13.1. The van der Waals surface area contributed by atoms with E-state index in [9.17, 15) is 13.2 Å². The molecule has 0 unspecified atom stereocenters. The van der Waals surface area contributed by atoms with Gasteiger partial charge in [0.15, 0.2) is 6.10 Å². The third-order valence-corrected chi connectivity index (χ3v) is 3.72. The van der Waals surface area contributed by atoms with Gasteiger partial charge in [0.2, 0.25) is 0 Å². The number of methoxy groups -OCH3 is 1. The molecule has 0 aliphatic heterocycles. The second kappa shape index (κ2) is 5.97. The molecule has 0 aromatic heterocycles. The first kappa shape index (κ1) is 14.7. The molecular formula is C12H16O5S. The predicted molar refractivity (Wildman–Crippen MR) is 65.5 cm³/mol. The number of hydrogen-bond acceptors (Lipinski definition) is 5. The fourth-order valence-electron chi connectivity index (χ4n) is 1.32. The van der Waals surface area contributed by atoms with Gasteiger partial charge in [0, 0.05) is 0 Å². The van der Waals surface area contributed by atoms with Crippen LogP contribution in [0.4, 0.5) is 0 Å². The van der Waals surface area contributed by atoms with E-state index < -0.39 is 22.2 Å². The highest BCUT2D eigenvalue weighted by molar-refractivity contribution is 7.86. The summed E-state index contributed by atoms with van der Waals surface area (Å²) in [4.78, 5) is 11.3. The monoisotopic (exact) mass is 272 g/mol. The van der Waals surface area contributed by atoms with Crippen LogP contribution in [0, 0.1) is 6.92 Å². The summed E-state index contributed by atoms with van der Waals surface area (Å²) in [5.74, 6) is -0.701. The van der Waals surface area contributed by atoms with Crippen LogP contribution in [-0.4, -0.2) is 27.6 Å². The van der Waals surface area contributed by atoms with Gasteiger partial charge in [-0.2, -0.15) is 8.42 Å². The average Bonchev–Trinajstić information content (AvgIpc) is 2.35. The first-order chi connectivity index (χ1) is 8.40. The van der Waals surface area contributed by atoms with Crippen molar-refractivity contribution in [1.29, 1.82) is 0 Å². The van der Waals surface area contributed by atoms with Crippen molar-refractivity contribution >= 4 is 16.1 Å². The van der Waals surface area contributed by atoms with Crippen molar-refractivity contribution in [2.75, 3.05) is 7.11 Å². The molecule has 0 saturated heterocycles. The predicted octanol–water partition coefficient (Wildman–Crippen LogP) is 1.65. The van der Waals surface area contributed by atoms with Gasteiger partial charge in [0.1, 0.15) is 0 Å². The molecule has 0 N–H and O–H groups in total. The number of rotatable bonds is 5. The summed E-state index contributed by atoms with van der Waals surface area (Å²) in [6, 6.07) is 6.20. The second-order valence-corrected chi connectivity index (χ2v) is 5.36. The molecule has 1 aromatic rings. The SMILES string of the molecule is CC[C@@H](OS(=O)(=O)c1ccc(C)cc1)C(=O)OC. The van der Waals surface area contributed by atoms with Crippen molar-refractivity contribution in [2.24, 2.45) is 0 Å². The van der Waals surface area contributed by atoms with Gasteiger partial charge in [-0.05, 0) is 25.5 Å². The number of ether oxygens (including phenoxy) is 1. The lowest BCUT2D eigenvalue weighted by molar-refractivity contribution is -0.148. The van der Waals surface area contributed by atoms with E-state index in [1.807, 2.05) is 6.92 Å². The van der Waals surface area contributed by atoms with Crippen LogP contribution in [0.15, 0.2) is 29.2 Å². The van der Waals surface area contributed by atoms with Gasteiger partial charge in [-0.15, -0.1) is 0 Å². The highest BCUT2D eigenvalue weighted by Gasteiger charge is 2.26. The average molecular weight is 272 g/mol. The molecule has 0 amide bonds. The Bertz CT molecular complexity index is 504. The molecule has 1 aromatic carbocycles. The molecule has 0 radical (unpaired) electrons. The van der Waals surface area contributed by atoms with E-state index in [1.54, 1.807) is 19.1 Å². The standard InChI is InChI=1S/C12H16O5S/c1-4-11(12(13)16-3)17-18(14,15)10-7-5-9(2)6-8-10/h5-8,11H,4H2,1-3H3/t11-/m1/s1. The van der Waals surface area contributed by atoms with Crippen molar-refractivity contribution in [1.82, 2.24) is 0 Å². The molecule has 0 aliphatic rings. The van der Waals surface area contributed by atoms with Gasteiger partial charge in [0.25, 0.3) is 10.1 Å². The minimum absolute atomic E-state index is 0.0236. The summed E-state index contributed by atoms with van der Waals surface area (Å²) in [5.41, 5.74) is 0.939. The number of benzene rings is 1. The van der Waals surface area contributed by atoms with Crippen LogP contribution in [0.25, 0.3) is 0 Å². The molecule has 1 atom stereocenters. The molecule has 0 bridgehead atoms. The molecule has 0 saturated carbocycles. The smallest absolute Gasteiger partial charge is 0.336 e. The maximum atomic E-state index is 11.9. The lowest BCUT2D eigenvalue weighted by Crippen LogP contribution is -2.27. The minimum Gasteiger partial charge on any atom is -0.467 e. The van der Waals surface area contributed by atoms with Gasteiger partial charge >= 0.3 is 5.97 Å². The van der Waals surface area contributed by atoms with Crippen LogP contribution < -0.4 is 0 Å². The highest BCUT2D eigenvalue weighted by Crippen LogP contribution is 2.16. The summed E-state index contributed by atoms with van der Waals surface area (Å²) in [5, 5.41) is 0. The summed E-state index contributed by atoms with van der Waals surface area (Å²) in [6.45, 7) is 3.49. The number of esters is 1. The van der Waals surface area contributed by atoms with Gasteiger partial charge in [-0.3, -0.25) is 4.18 Å². The Labute approximate surface area is 107 Å². The Morgan fingerprint density at radius 3 is 2.28 bits per heavy atom. The molecule has 0 spiro atoms. The fraction of sp³-hybridized carbons (Fsp3) is 0.417. The summed E-state index contributed by atoms with van der Waals surface area (Å²) in [7, 11) is -2.76. The van der Waals surface area contributed by atoms with Crippen LogP contribution in [0.3, 0.4) is 0 Å². The minimum atomic E-state index is -3.94. The lowest BCUT2D eigenvalue weighted by Gasteiger charge is -2.13. The molecule has 5 nitrogen and oxygen atoms in total. The van der Waals surface area contributed by atoms with Gasteiger partial charge in [-0.25, -0.2) is 4.79 Å². The van der Waals surface area contributed by atoms with Crippen LogP contribution in [0.5, 0.6) is 0 Å². The van der Waals surface area contributed by atoms with E-state index in [0.29, 0.717) is 0 Å². The van der Waals surface area contributed by atoms with E-state index in [4.69, 9.17) is 4.18 Å². The first-order valence-electron chi connectivity index (χ1n) is 5.48. The van der Waals surface area contributed by atoms with Crippen molar-refractivity contribution in [3.8, 4) is 0 Å². The summed E-state index contributed by atoms with van der Waals surface area (Å²) >= 11 is 0. The Kier molecular flexibility index (Phi) is 4.86. The number of aryl methyl sites for hydroxylation is 1. The van der Waals surface area contributed by atoms with Crippen LogP contribution in [-0.2, 0) is 23.8 Å². The van der Waals surface area contributed by atoms with Gasteiger partial charge in [-0.1, -0.05) is 24.6 Å². The highest BCUT2D eigenvalue weighted by atomic mass is 32.2. The number of hydrogen-bond donors (Lipinski definition) is 0. The largest absolute Gasteiger partial charge is 0.467 e. The first-order valence-corrected chi connectivity index (χ1v) is 6.89. The van der Waals surface area contributed by atoms with E-state index in [-0.39, 0.29) is 11.3 Å². The Morgan fingerprint density at radius 2 is 1.83 bits per heavy atom. The van der Waals surface area contributed by atoms with Crippen molar-refractivity contribution in [2.45, 2.75) is 31.3 Å². The summed E-state index contributed by atoms with van der Waals surface area (Å²) in [6.07, 6.45) is -0.890. The molecular weight excluding hydrogens is 256 g/mol. The lowest BCUT2D eigenvalue weighted by atomic mass is 10.2. The van der Waals surface area contributed by atoms with E-state index in [2.05, 4.69) is 4.74 Å². The quantitative estimate of drug-likeness (QED) is 0.602. The zero-order valence-corrected chi connectivity index (χ0v) is 11.4. The Balaban J connectivity index is 2.94. The van der Waals surface area contributed by atoms with E-state index in [0.717, 1.165) is 5.56 Å². The van der Waals surface area contributed by atoms with Crippen LogP contribution in [0.1, 0.15) is 18.9 Å². The van der Waals surface area contributed by atoms with Gasteiger partial charge < -0.3 is 4.74 Å². The molecule has 6 heteroatoms. The van der Waals surface area contributed by atoms with Crippen LogP contribution >= 0.6 is 0 Å². The third kappa shape index (κ3) is 3.54. The molecule has 0 heterocycles. The van der Waals surface area contributed by atoms with Gasteiger partial charge in [0.05, 0.1) is 12.0 Å². The molecule has 0 fully saturated rings. The second-order valence-electron chi connectivity index (χ2n) is 3.78. The fourth-order valence-corrected chi connectivity index (χ4v) is 2.42. The van der Waals surface area contributed by atoms with Crippen LogP contribution in [0.2, 0.25) is 0 Å². The molecule has 100 valence electrons. The summed E-state index contributed by atoms with van der Waals surface area (Å²) < 4.78 is 33.1. The Morgan fingerprint density at radius 1 is 1.28 bits per heavy atom. The van der Waals surface area contributed by atoms with Crippen molar-refractivity contribution in [3.05, 3.63) is 29.8 Å². The van der Waals surface area contributed by atoms with E-state index >= 15 is 0 Å². The maximum Gasteiger partial charge on any atom is 0.336 e. The zero-order valence-electron chi connectivity index (χ0n) is 10.5.